The number of carbonyl (C=O) groups excluding carboxylic acids is 2. The van der Waals surface area contributed by atoms with Crippen LogP contribution < -0.4 is 9.62 Å². The van der Waals surface area contributed by atoms with E-state index in [1.54, 1.807) is 19.1 Å². The summed E-state index contributed by atoms with van der Waals surface area (Å²) < 4.78 is 26.4. The maximum atomic E-state index is 13.6. The smallest absolute Gasteiger partial charge is 0.244 e. The minimum atomic E-state index is -3.74. The van der Waals surface area contributed by atoms with E-state index in [1.807, 2.05) is 65.0 Å². The normalized spacial score (nSPS) is 13.1. The van der Waals surface area contributed by atoms with Gasteiger partial charge in [0.1, 0.15) is 12.6 Å². The Hall–Kier alpha value is -2.87. The summed E-state index contributed by atoms with van der Waals surface area (Å²) in [6.45, 7) is 11.1. The molecule has 8 heteroatoms. The number of aryl methyl sites for hydroxylation is 3. The van der Waals surface area contributed by atoms with E-state index in [4.69, 9.17) is 0 Å². The fourth-order valence-electron chi connectivity index (χ4n) is 3.51. The Morgan fingerprint density at radius 3 is 2.18 bits per heavy atom. The fourth-order valence-corrected chi connectivity index (χ4v) is 4.36. The van der Waals surface area contributed by atoms with Crippen molar-refractivity contribution in [2.45, 2.75) is 66.6 Å². The lowest BCUT2D eigenvalue weighted by Gasteiger charge is -2.32. The Kier molecular flexibility index (Phi) is 9.27. The third-order valence-corrected chi connectivity index (χ3v) is 7.37. The average Bonchev–Trinajstić information content (AvgIpc) is 2.77. The summed E-state index contributed by atoms with van der Waals surface area (Å²) in [7, 11) is -3.74. The zero-order valence-electron chi connectivity index (χ0n) is 21.3. The van der Waals surface area contributed by atoms with Crippen molar-refractivity contribution in [2.24, 2.45) is 0 Å². The zero-order valence-corrected chi connectivity index (χ0v) is 22.1. The van der Waals surface area contributed by atoms with Crippen LogP contribution in [0.4, 0.5) is 5.69 Å². The van der Waals surface area contributed by atoms with Crippen molar-refractivity contribution in [3.63, 3.8) is 0 Å². The summed E-state index contributed by atoms with van der Waals surface area (Å²) in [5.74, 6) is -0.716. The Labute approximate surface area is 204 Å². The highest BCUT2D eigenvalue weighted by atomic mass is 32.2. The van der Waals surface area contributed by atoms with Crippen LogP contribution in [0.2, 0.25) is 0 Å². The summed E-state index contributed by atoms with van der Waals surface area (Å²) in [6, 6.07) is 12.1. The van der Waals surface area contributed by atoms with E-state index in [1.165, 1.54) is 4.90 Å². The van der Waals surface area contributed by atoms with E-state index < -0.39 is 28.5 Å². The molecule has 2 atom stereocenters. The highest BCUT2D eigenvalue weighted by Gasteiger charge is 2.30. The molecular weight excluding hydrogens is 450 g/mol. The van der Waals surface area contributed by atoms with Crippen molar-refractivity contribution in [2.75, 3.05) is 17.1 Å². The highest BCUT2D eigenvalue weighted by molar-refractivity contribution is 7.92. The molecule has 2 aromatic carbocycles. The number of rotatable bonds is 10. The summed E-state index contributed by atoms with van der Waals surface area (Å²) in [5.41, 5.74) is 4.27. The minimum Gasteiger partial charge on any atom is -0.352 e. The first-order valence-corrected chi connectivity index (χ1v) is 13.4. The van der Waals surface area contributed by atoms with Gasteiger partial charge < -0.3 is 10.2 Å². The van der Waals surface area contributed by atoms with Crippen LogP contribution >= 0.6 is 0 Å². The number of hydrogen-bond donors (Lipinski definition) is 1. The van der Waals surface area contributed by atoms with Gasteiger partial charge in [-0.25, -0.2) is 8.42 Å². The van der Waals surface area contributed by atoms with Gasteiger partial charge in [-0.2, -0.15) is 0 Å². The lowest BCUT2D eigenvalue weighted by molar-refractivity contribution is -0.139. The largest absolute Gasteiger partial charge is 0.352 e. The molecule has 1 N–H and O–H groups in total. The summed E-state index contributed by atoms with van der Waals surface area (Å²) >= 11 is 0. The molecule has 0 saturated carbocycles. The first-order chi connectivity index (χ1) is 15.8. The number of hydrogen-bond acceptors (Lipinski definition) is 4. The summed E-state index contributed by atoms with van der Waals surface area (Å²) in [6.07, 6.45) is 1.85. The molecule has 0 aromatic heterocycles. The number of anilines is 1. The number of sulfonamides is 1. The predicted octanol–water partition coefficient (Wildman–Crippen LogP) is 3.71. The molecule has 0 spiro atoms. The molecule has 2 amide bonds. The van der Waals surface area contributed by atoms with Crippen molar-refractivity contribution in [3.05, 3.63) is 64.7 Å². The van der Waals surface area contributed by atoms with Crippen LogP contribution in [0.1, 0.15) is 49.4 Å². The van der Waals surface area contributed by atoms with E-state index in [-0.39, 0.29) is 18.5 Å². The molecule has 34 heavy (non-hydrogen) atoms. The van der Waals surface area contributed by atoms with E-state index in [9.17, 15) is 18.0 Å². The maximum absolute atomic E-state index is 13.6. The molecule has 0 aliphatic carbocycles. The van der Waals surface area contributed by atoms with Crippen LogP contribution in [0.3, 0.4) is 0 Å². The quantitative estimate of drug-likeness (QED) is 0.554. The van der Waals surface area contributed by atoms with E-state index >= 15 is 0 Å². The van der Waals surface area contributed by atoms with Gasteiger partial charge in [-0.3, -0.25) is 13.9 Å². The van der Waals surface area contributed by atoms with E-state index in [0.29, 0.717) is 5.69 Å². The van der Waals surface area contributed by atoms with Crippen LogP contribution in [-0.4, -0.2) is 50.0 Å². The second-order valence-corrected chi connectivity index (χ2v) is 10.9. The number of benzene rings is 2. The Bertz CT molecular complexity index is 1130. The molecule has 0 fully saturated rings. The van der Waals surface area contributed by atoms with Crippen molar-refractivity contribution in [3.8, 4) is 0 Å². The van der Waals surface area contributed by atoms with Crippen LogP contribution in [-0.2, 0) is 26.2 Å². The molecule has 0 aliphatic rings. The van der Waals surface area contributed by atoms with Crippen LogP contribution in [0.25, 0.3) is 0 Å². The van der Waals surface area contributed by atoms with Crippen molar-refractivity contribution >= 4 is 27.5 Å². The second-order valence-electron chi connectivity index (χ2n) is 8.98. The van der Waals surface area contributed by atoms with Gasteiger partial charge in [-0.05, 0) is 75.4 Å². The molecule has 2 unspecified atom stereocenters. The molecule has 0 saturated heterocycles. The monoisotopic (exact) mass is 487 g/mol. The first-order valence-electron chi connectivity index (χ1n) is 11.5. The molecule has 0 radical (unpaired) electrons. The van der Waals surface area contributed by atoms with Gasteiger partial charge in [0.05, 0.1) is 11.9 Å². The number of nitrogens with zero attached hydrogens (tertiary/aromatic N) is 2. The predicted molar refractivity (Wildman–Crippen MR) is 137 cm³/mol. The number of nitrogens with one attached hydrogen (secondary N) is 1. The molecule has 7 nitrogen and oxygen atoms in total. The van der Waals surface area contributed by atoms with Gasteiger partial charge in [0.15, 0.2) is 0 Å². The van der Waals surface area contributed by atoms with Gasteiger partial charge in [-0.15, -0.1) is 0 Å². The average molecular weight is 488 g/mol. The van der Waals surface area contributed by atoms with E-state index in [2.05, 4.69) is 5.32 Å². The van der Waals surface area contributed by atoms with Gasteiger partial charge in [0, 0.05) is 12.6 Å². The Balaban J connectivity index is 2.42. The SMILES string of the molecule is CCC(C)NC(=O)C(C)N(Cc1ccccc1C)C(=O)CN(c1ccc(C)c(C)c1)S(C)(=O)=O. The number of carbonyl (C=O) groups is 2. The van der Waals surface area contributed by atoms with Crippen molar-refractivity contribution in [1.82, 2.24) is 10.2 Å². The zero-order chi connectivity index (χ0) is 25.6. The van der Waals surface area contributed by atoms with Crippen LogP contribution in [0.5, 0.6) is 0 Å². The maximum Gasteiger partial charge on any atom is 0.244 e. The molecule has 2 aromatic rings. The van der Waals surface area contributed by atoms with Crippen molar-refractivity contribution in [1.29, 1.82) is 0 Å². The van der Waals surface area contributed by atoms with E-state index in [0.717, 1.165) is 39.2 Å². The summed E-state index contributed by atoms with van der Waals surface area (Å²) in [5, 5.41) is 2.93. The minimum absolute atomic E-state index is 0.0339. The Morgan fingerprint density at radius 1 is 0.971 bits per heavy atom. The molecule has 0 heterocycles. The lowest BCUT2D eigenvalue weighted by atomic mass is 10.1. The lowest BCUT2D eigenvalue weighted by Crippen LogP contribution is -2.52. The fraction of sp³-hybridized carbons (Fsp3) is 0.462. The van der Waals surface area contributed by atoms with Gasteiger partial charge in [0.25, 0.3) is 0 Å². The molecule has 186 valence electrons. The van der Waals surface area contributed by atoms with Crippen LogP contribution in [0, 0.1) is 20.8 Å². The standard InChI is InChI=1S/C26H37N3O4S/c1-8-21(5)27-26(31)22(6)28(16-23-12-10-9-11-19(23)3)25(30)17-29(34(7,32)33)24-14-13-18(2)20(4)15-24/h9-15,21-22H,8,16-17H2,1-7H3,(H,27,31). The number of amides is 2. The third kappa shape index (κ3) is 7.06. The first kappa shape index (κ1) is 27.4. The third-order valence-electron chi connectivity index (χ3n) is 6.23. The van der Waals surface area contributed by atoms with Crippen molar-refractivity contribution < 1.29 is 18.0 Å². The summed E-state index contributed by atoms with van der Waals surface area (Å²) in [4.78, 5) is 28.0. The highest BCUT2D eigenvalue weighted by Crippen LogP contribution is 2.22. The molecule has 2 rings (SSSR count). The topological polar surface area (TPSA) is 86.8 Å². The Morgan fingerprint density at radius 2 is 1.62 bits per heavy atom. The second kappa shape index (κ2) is 11.5. The van der Waals surface area contributed by atoms with Crippen LogP contribution in [0.15, 0.2) is 42.5 Å². The van der Waals surface area contributed by atoms with Gasteiger partial charge in [0.2, 0.25) is 21.8 Å². The van der Waals surface area contributed by atoms with Gasteiger partial charge >= 0.3 is 0 Å². The molecule has 0 bridgehead atoms. The van der Waals surface area contributed by atoms with Gasteiger partial charge in [-0.1, -0.05) is 37.3 Å². The molecule has 0 aliphatic heterocycles. The molecular formula is C26H37N3O4S.